The lowest BCUT2D eigenvalue weighted by Crippen LogP contribution is -2.21. The number of likely N-dealkylation sites (tertiary alicyclic amines) is 1. The first-order valence-electron chi connectivity index (χ1n) is 13.6. The van der Waals surface area contributed by atoms with E-state index in [1.54, 1.807) is 13.3 Å². The summed E-state index contributed by atoms with van der Waals surface area (Å²) in [7, 11) is 1.63. The standard InChI is InChI=1S/C31H33N5O3S/c1-3-38-30-26(21-32)28(22-9-6-11-24(19-22)37-2)29(40-30)27-13-14-33-31(35-27)34-23-10-7-12-25(20-23)39-18-8-17-36-15-4-5-16-36/h6-7,9-14,19-20H,3-5,8,15-18H2,1-2H3,(H,33,34,35). The summed E-state index contributed by atoms with van der Waals surface area (Å²) in [4.78, 5) is 12.6. The Morgan fingerprint density at radius 2 is 1.88 bits per heavy atom. The van der Waals surface area contributed by atoms with Gasteiger partial charge in [-0.05, 0) is 75.2 Å². The van der Waals surface area contributed by atoms with Gasteiger partial charge in [0.15, 0.2) is 5.06 Å². The van der Waals surface area contributed by atoms with Crippen LogP contribution in [0.3, 0.4) is 0 Å². The highest BCUT2D eigenvalue weighted by Crippen LogP contribution is 2.47. The van der Waals surface area contributed by atoms with Gasteiger partial charge in [0.25, 0.3) is 0 Å². The Morgan fingerprint density at radius 3 is 2.67 bits per heavy atom. The highest BCUT2D eigenvalue weighted by molar-refractivity contribution is 7.18. The molecule has 4 aromatic rings. The molecular weight excluding hydrogens is 522 g/mol. The first-order valence-corrected chi connectivity index (χ1v) is 14.4. The predicted molar refractivity (Wildman–Crippen MR) is 159 cm³/mol. The number of nitrogens with one attached hydrogen (secondary N) is 1. The monoisotopic (exact) mass is 555 g/mol. The number of thiophene rings is 1. The third-order valence-electron chi connectivity index (χ3n) is 6.69. The van der Waals surface area contributed by atoms with E-state index in [4.69, 9.17) is 19.2 Å². The summed E-state index contributed by atoms with van der Waals surface area (Å²) >= 11 is 1.41. The molecule has 0 saturated carbocycles. The summed E-state index contributed by atoms with van der Waals surface area (Å²) in [5, 5.41) is 13.9. The second-order valence-corrected chi connectivity index (χ2v) is 10.4. The van der Waals surface area contributed by atoms with Crippen LogP contribution >= 0.6 is 11.3 Å². The number of anilines is 2. The lowest BCUT2D eigenvalue weighted by atomic mass is 10.0. The van der Waals surface area contributed by atoms with Crippen molar-refractivity contribution in [2.45, 2.75) is 26.2 Å². The van der Waals surface area contributed by atoms with Crippen LogP contribution in [-0.4, -0.2) is 54.8 Å². The average Bonchev–Trinajstić information content (AvgIpc) is 3.64. The lowest BCUT2D eigenvalue weighted by Gasteiger charge is -2.14. The van der Waals surface area contributed by atoms with E-state index in [0.29, 0.717) is 41.2 Å². The molecule has 3 heterocycles. The smallest absolute Gasteiger partial charge is 0.227 e. The normalized spacial score (nSPS) is 13.1. The van der Waals surface area contributed by atoms with E-state index in [1.807, 2.05) is 61.5 Å². The number of benzene rings is 2. The number of aromatic nitrogens is 2. The van der Waals surface area contributed by atoms with Crippen LogP contribution < -0.4 is 19.5 Å². The second kappa shape index (κ2) is 13.3. The van der Waals surface area contributed by atoms with Gasteiger partial charge in [-0.15, -0.1) is 0 Å². The Balaban J connectivity index is 1.37. The van der Waals surface area contributed by atoms with Crippen LogP contribution in [0, 0.1) is 11.3 Å². The summed E-state index contributed by atoms with van der Waals surface area (Å²) in [5.41, 5.74) is 3.63. The van der Waals surface area contributed by atoms with Gasteiger partial charge >= 0.3 is 0 Å². The summed E-state index contributed by atoms with van der Waals surface area (Å²) in [5.74, 6) is 1.96. The minimum absolute atomic E-state index is 0.449. The summed E-state index contributed by atoms with van der Waals surface area (Å²) in [6.45, 7) is 6.53. The highest BCUT2D eigenvalue weighted by atomic mass is 32.1. The topological polar surface area (TPSA) is 92.5 Å². The first kappa shape index (κ1) is 27.4. The number of methoxy groups -OCH3 is 1. The van der Waals surface area contributed by atoms with Crippen LogP contribution in [-0.2, 0) is 0 Å². The molecule has 9 heteroatoms. The van der Waals surface area contributed by atoms with Crippen LogP contribution in [0.25, 0.3) is 21.7 Å². The van der Waals surface area contributed by atoms with Crippen molar-refractivity contribution in [1.29, 1.82) is 5.26 Å². The van der Waals surface area contributed by atoms with Crippen molar-refractivity contribution < 1.29 is 14.2 Å². The average molecular weight is 556 g/mol. The van der Waals surface area contributed by atoms with E-state index in [0.717, 1.165) is 40.4 Å². The Hall–Kier alpha value is -4.13. The zero-order chi connectivity index (χ0) is 27.7. The Labute approximate surface area is 239 Å². The molecule has 1 fully saturated rings. The van der Waals surface area contributed by atoms with E-state index in [1.165, 1.54) is 37.3 Å². The van der Waals surface area contributed by atoms with Crippen molar-refractivity contribution in [3.05, 3.63) is 66.4 Å². The molecule has 0 aliphatic carbocycles. The van der Waals surface area contributed by atoms with Crippen molar-refractivity contribution in [3.63, 3.8) is 0 Å². The molecule has 2 aromatic carbocycles. The van der Waals surface area contributed by atoms with Crippen molar-refractivity contribution in [3.8, 4) is 44.3 Å². The minimum Gasteiger partial charge on any atom is -0.497 e. The molecule has 8 nitrogen and oxygen atoms in total. The van der Waals surface area contributed by atoms with Crippen molar-refractivity contribution in [2.75, 3.05) is 45.3 Å². The Kier molecular flexibility index (Phi) is 9.11. The van der Waals surface area contributed by atoms with Gasteiger partial charge in [0.05, 0.1) is 30.9 Å². The summed E-state index contributed by atoms with van der Waals surface area (Å²) in [6.07, 6.45) is 5.33. The van der Waals surface area contributed by atoms with Crippen LogP contribution in [0.4, 0.5) is 11.6 Å². The van der Waals surface area contributed by atoms with E-state index in [9.17, 15) is 5.26 Å². The van der Waals surface area contributed by atoms with Gasteiger partial charge in [-0.3, -0.25) is 0 Å². The summed E-state index contributed by atoms with van der Waals surface area (Å²) < 4.78 is 17.3. The van der Waals surface area contributed by atoms with E-state index in [-0.39, 0.29) is 0 Å². The molecular formula is C31H33N5O3S. The van der Waals surface area contributed by atoms with Crippen molar-refractivity contribution in [2.24, 2.45) is 0 Å². The Bertz CT molecular complexity index is 1480. The van der Waals surface area contributed by atoms with Crippen molar-refractivity contribution in [1.82, 2.24) is 14.9 Å². The lowest BCUT2D eigenvalue weighted by molar-refractivity contribution is 0.263. The molecule has 0 radical (unpaired) electrons. The molecule has 1 N–H and O–H groups in total. The van der Waals surface area contributed by atoms with Crippen LogP contribution in [0.15, 0.2) is 60.8 Å². The zero-order valence-electron chi connectivity index (χ0n) is 22.9. The molecule has 1 aliphatic heterocycles. The molecule has 2 aromatic heterocycles. The van der Waals surface area contributed by atoms with E-state index in [2.05, 4.69) is 21.3 Å². The minimum atomic E-state index is 0.449. The largest absolute Gasteiger partial charge is 0.497 e. The van der Waals surface area contributed by atoms with Gasteiger partial charge in [-0.25, -0.2) is 9.97 Å². The number of hydrogen-bond acceptors (Lipinski definition) is 9. The maximum atomic E-state index is 10.1. The van der Waals surface area contributed by atoms with Crippen LogP contribution in [0.5, 0.6) is 16.6 Å². The number of rotatable bonds is 12. The third kappa shape index (κ3) is 6.53. The second-order valence-electron chi connectivity index (χ2n) is 9.41. The molecule has 1 saturated heterocycles. The zero-order valence-corrected chi connectivity index (χ0v) is 23.7. The van der Waals surface area contributed by atoms with Gasteiger partial charge in [0.1, 0.15) is 23.1 Å². The van der Waals surface area contributed by atoms with E-state index >= 15 is 0 Å². The maximum Gasteiger partial charge on any atom is 0.227 e. The molecule has 1 aliphatic rings. The van der Waals surface area contributed by atoms with Crippen molar-refractivity contribution >= 4 is 23.0 Å². The fourth-order valence-corrected chi connectivity index (χ4v) is 5.95. The van der Waals surface area contributed by atoms with Gasteiger partial charge in [0, 0.05) is 30.1 Å². The fourth-order valence-electron chi connectivity index (χ4n) is 4.80. The van der Waals surface area contributed by atoms with Gasteiger partial charge in [0.2, 0.25) is 5.95 Å². The van der Waals surface area contributed by atoms with Gasteiger partial charge in [-0.1, -0.05) is 29.5 Å². The molecule has 0 bridgehead atoms. The SMILES string of the molecule is CCOc1sc(-c2ccnc(Nc3cccc(OCCCN4CCCC4)c3)n2)c(-c2cccc(OC)c2)c1C#N. The predicted octanol–water partition coefficient (Wildman–Crippen LogP) is 6.76. The van der Waals surface area contributed by atoms with Crippen LogP contribution in [0.2, 0.25) is 0 Å². The van der Waals surface area contributed by atoms with Gasteiger partial charge < -0.3 is 24.4 Å². The number of nitriles is 1. The molecule has 206 valence electrons. The molecule has 0 spiro atoms. The number of nitrogens with zero attached hydrogens (tertiary/aromatic N) is 4. The molecule has 5 rings (SSSR count). The first-order chi connectivity index (χ1) is 19.7. The number of hydrogen-bond donors (Lipinski definition) is 1. The number of ether oxygens (including phenoxy) is 3. The molecule has 0 amide bonds. The molecule has 40 heavy (non-hydrogen) atoms. The molecule has 0 unspecified atom stereocenters. The third-order valence-corrected chi connectivity index (χ3v) is 7.81. The van der Waals surface area contributed by atoms with E-state index < -0.39 is 0 Å². The van der Waals surface area contributed by atoms with Crippen LogP contribution in [0.1, 0.15) is 31.7 Å². The van der Waals surface area contributed by atoms with Gasteiger partial charge in [-0.2, -0.15) is 5.26 Å². The quantitative estimate of drug-likeness (QED) is 0.192. The summed E-state index contributed by atoms with van der Waals surface area (Å²) in [6, 6.07) is 19.7. The fraction of sp³-hybridized carbons (Fsp3) is 0.323. The highest BCUT2D eigenvalue weighted by Gasteiger charge is 2.23. The maximum absolute atomic E-state index is 10.1. The molecule has 0 atom stereocenters. The Morgan fingerprint density at radius 1 is 1.05 bits per heavy atom.